The molecule has 1 atom stereocenters. The minimum absolute atomic E-state index is 0.136. The third-order valence-electron chi connectivity index (χ3n) is 3.71. The zero-order valence-corrected chi connectivity index (χ0v) is 16.7. The van der Waals surface area contributed by atoms with E-state index < -0.39 is 12.1 Å². The Bertz CT molecular complexity index is 792. The van der Waals surface area contributed by atoms with Gasteiger partial charge in [0.1, 0.15) is 5.76 Å². The number of ether oxygens (including phenoxy) is 1. The first-order chi connectivity index (χ1) is 13.5. The summed E-state index contributed by atoms with van der Waals surface area (Å²) in [4.78, 5) is 37.0. The van der Waals surface area contributed by atoms with Crippen molar-refractivity contribution in [2.75, 3.05) is 12.3 Å². The number of benzene rings is 1. The highest BCUT2D eigenvalue weighted by atomic mass is 32.2. The Hall–Kier alpha value is -2.74. The first kappa shape index (κ1) is 21.6. The molecule has 28 heavy (non-hydrogen) atoms. The van der Waals surface area contributed by atoms with Crippen LogP contribution < -0.4 is 10.6 Å². The van der Waals surface area contributed by atoms with Crippen molar-refractivity contribution < 1.29 is 23.5 Å². The van der Waals surface area contributed by atoms with Gasteiger partial charge in [-0.1, -0.05) is 19.1 Å². The van der Waals surface area contributed by atoms with Crippen LogP contribution in [-0.4, -0.2) is 36.2 Å². The predicted molar refractivity (Wildman–Crippen MR) is 106 cm³/mol. The monoisotopic (exact) mass is 404 g/mol. The molecule has 1 heterocycles. The van der Waals surface area contributed by atoms with Crippen molar-refractivity contribution in [2.24, 2.45) is 0 Å². The summed E-state index contributed by atoms with van der Waals surface area (Å²) in [6, 6.07) is 10.4. The average molecular weight is 404 g/mol. The summed E-state index contributed by atoms with van der Waals surface area (Å²) in [6.45, 7) is 4.30. The van der Waals surface area contributed by atoms with Crippen molar-refractivity contribution in [3.8, 4) is 0 Å². The zero-order chi connectivity index (χ0) is 20.4. The molecule has 8 heteroatoms. The highest BCUT2D eigenvalue weighted by Crippen LogP contribution is 2.23. The van der Waals surface area contributed by atoms with E-state index in [1.54, 1.807) is 42.7 Å². The molecule has 0 aliphatic carbocycles. The summed E-state index contributed by atoms with van der Waals surface area (Å²) in [5, 5.41) is 5.44. The Kier molecular flexibility index (Phi) is 8.61. The molecule has 0 spiro atoms. The van der Waals surface area contributed by atoms with E-state index >= 15 is 0 Å². The van der Waals surface area contributed by atoms with Gasteiger partial charge in [-0.3, -0.25) is 9.59 Å². The summed E-state index contributed by atoms with van der Waals surface area (Å²) in [7, 11) is 0. The van der Waals surface area contributed by atoms with Gasteiger partial charge in [0, 0.05) is 11.4 Å². The maximum Gasteiger partial charge on any atom is 0.340 e. The summed E-state index contributed by atoms with van der Waals surface area (Å²) in [6.07, 6.45) is 1.45. The maximum absolute atomic E-state index is 12.5. The molecule has 0 aliphatic heterocycles. The van der Waals surface area contributed by atoms with Gasteiger partial charge in [0.05, 0.1) is 24.1 Å². The Morgan fingerprint density at radius 2 is 1.93 bits per heavy atom. The molecule has 0 fully saturated rings. The summed E-state index contributed by atoms with van der Waals surface area (Å²) >= 11 is 1.23. The summed E-state index contributed by atoms with van der Waals surface area (Å²) in [5.41, 5.74) is 0.321. The standard InChI is InChI=1S/C20H24N2O5S/c1-3-10-21-19(24)14(2)27-20(25)16-8-4-5-9-17(16)28-13-18(23)22-12-15-7-6-11-26-15/h4-9,11,14H,3,10,12-13H2,1-2H3,(H,21,24)(H,22,23)/t14-/m0/s1. The smallest absolute Gasteiger partial charge is 0.340 e. The largest absolute Gasteiger partial charge is 0.467 e. The number of hydrogen-bond acceptors (Lipinski definition) is 6. The molecule has 150 valence electrons. The van der Waals surface area contributed by atoms with Crippen molar-refractivity contribution in [3.05, 3.63) is 54.0 Å². The average Bonchev–Trinajstić information content (AvgIpc) is 3.22. The fourth-order valence-electron chi connectivity index (χ4n) is 2.22. The van der Waals surface area contributed by atoms with E-state index in [-0.39, 0.29) is 17.6 Å². The number of furan rings is 1. The van der Waals surface area contributed by atoms with Gasteiger partial charge in [0.25, 0.3) is 5.91 Å². The van der Waals surface area contributed by atoms with Gasteiger partial charge in [-0.15, -0.1) is 11.8 Å². The van der Waals surface area contributed by atoms with E-state index in [0.29, 0.717) is 29.3 Å². The number of esters is 1. The van der Waals surface area contributed by atoms with E-state index in [9.17, 15) is 14.4 Å². The molecule has 1 aromatic carbocycles. The molecule has 1 aromatic heterocycles. The lowest BCUT2D eigenvalue weighted by atomic mass is 10.2. The van der Waals surface area contributed by atoms with E-state index in [1.165, 1.54) is 18.7 Å². The van der Waals surface area contributed by atoms with Crippen LogP contribution in [0.1, 0.15) is 36.4 Å². The highest BCUT2D eigenvalue weighted by molar-refractivity contribution is 8.00. The van der Waals surface area contributed by atoms with Crippen LogP contribution in [0.25, 0.3) is 0 Å². The fraction of sp³-hybridized carbons (Fsp3) is 0.350. The van der Waals surface area contributed by atoms with Crippen molar-refractivity contribution in [3.63, 3.8) is 0 Å². The normalized spacial score (nSPS) is 11.5. The molecule has 0 bridgehead atoms. The van der Waals surface area contributed by atoms with Gasteiger partial charge < -0.3 is 19.8 Å². The van der Waals surface area contributed by atoms with Crippen molar-refractivity contribution in [2.45, 2.75) is 37.8 Å². The van der Waals surface area contributed by atoms with Crippen LogP contribution in [0.2, 0.25) is 0 Å². The SMILES string of the molecule is CCCNC(=O)[C@H](C)OC(=O)c1ccccc1SCC(=O)NCc1ccco1. The minimum Gasteiger partial charge on any atom is -0.467 e. The van der Waals surface area contributed by atoms with Crippen molar-refractivity contribution in [1.29, 1.82) is 0 Å². The lowest BCUT2D eigenvalue weighted by Crippen LogP contribution is -2.36. The highest BCUT2D eigenvalue weighted by Gasteiger charge is 2.20. The van der Waals surface area contributed by atoms with Crippen LogP contribution in [0.4, 0.5) is 0 Å². The predicted octanol–water partition coefficient (Wildman–Crippen LogP) is 2.76. The van der Waals surface area contributed by atoms with Crippen LogP contribution in [0, 0.1) is 0 Å². The molecule has 2 N–H and O–H groups in total. The van der Waals surface area contributed by atoms with Crippen molar-refractivity contribution in [1.82, 2.24) is 10.6 Å². The molecule has 2 rings (SSSR count). The molecule has 2 aromatic rings. The molecule has 0 saturated carbocycles. The number of thioether (sulfide) groups is 1. The molecule has 7 nitrogen and oxygen atoms in total. The van der Waals surface area contributed by atoms with Gasteiger partial charge in [0.2, 0.25) is 5.91 Å². The quantitative estimate of drug-likeness (QED) is 0.467. The first-order valence-electron chi connectivity index (χ1n) is 9.00. The molecular weight excluding hydrogens is 380 g/mol. The van der Waals surface area contributed by atoms with E-state index in [0.717, 1.165) is 6.42 Å². The zero-order valence-electron chi connectivity index (χ0n) is 15.9. The molecule has 0 unspecified atom stereocenters. The molecule has 0 aliphatic rings. The fourth-order valence-corrected chi connectivity index (χ4v) is 3.09. The lowest BCUT2D eigenvalue weighted by Gasteiger charge is -2.14. The second-order valence-electron chi connectivity index (χ2n) is 5.98. The second kappa shape index (κ2) is 11.2. The molecule has 2 amide bonds. The van der Waals surface area contributed by atoms with Crippen LogP contribution >= 0.6 is 11.8 Å². The number of carbonyl (C=O) groups excluding carboxylic acids is 3. The Morgan fingerprint density at radius 3 is 2.64 bits per heavy atom. The van der Waals surface area contributed by atoms with E-state index in [4.69, 9.17) is 9.15 Å². The van der Waals surface area contributed by atoms with Crippen LogP contribution in [0.5, 0.6) is 0 Å². The van der Waals surface area contributed by atoms with Gasteiger partial charge in [-0.25, -0.2) is 4.79 Å². The van der Waals surface area contributed by atoms with Gasteiger partial charge >= 0.3 is 5.97 Å². The van der Waals surface area contributed by atoms with Crippen LogP contribution in [-0.2, 0) is 20.9 Å². The molecular formula is C20H24N2O5S. The Morgan fingerprint density at radius 1 is 1.14 bits per heavy atom. The van der Waals surface area contributed by atoms with Gasteiger partial charge in [0.15, 0.2) is 6.10 Å². The minimum atomic E-state index is -0.895. The third-order valence-corrected chi connectivity index (χ3v) is 4.78. The van der Waals surface area contributed by atoms with Gasteiger partial charge in [-0.2, -0.15) is 0 Å². The number of rotatable bonds is 10. The third kappa shape index (κ3) is 6.77. The van der Waals surface area contributed by atoms with Crippen molar-refractivity contribution >= 4 is 29.5 Å². The summed E-state index contributed by atoms with van der Waals surface area (Å²) in [5.74, 6) is -0.317. The van der Waals surface area contributed by atoms with E-state index in [2.05, 4.69) is 10.6 Å². The lowest BCUT2D eigenvalue weighted by molar-refractivity contribution is -0.129. The van der Waals surface area contributed by atoms with Crippen LogP contribution in [0.15, 0.2) is 52.0 Å². The number of carbonyl (C=O) groups is 3. The maximum atomic E-state index is 12.5. The topological polar surface area (TPSA) is 97.6 Å². The summed E-state index contributed by atoms with van der Waals surface area (Å²) < 4.78 is 10.4. The van der Waals surface area contributed by atoms with E-state index in [1.807, 2.05) is 6.92 Å². The Balaban J connectivity index is 1.89. The second-order valence-corrected chi connectivity index (χ2v) is 7.00. The first-order valence-corrected chi connectivity index (χ1v) is 9.99. The van der Waals surface area contributed by atoms with Gasteiger partial charge in [-0.05, 0) is 37.6 Å². The molecule has 0 saturated heterocycles. The Labute approximate surface area is 168 Å². The number of hydrogen-bond donors (Lipinski definition) is 2. The van der Waals surface area contributed by atoms with Crippen LogP contribution in [0.3, 0.4) is 0 Å². The number of amides is 2. The molecule has 0 radical (unpaired) electrons. The number of nitrogens with one attached hydrogen (secondary N) is 2.